The van der Waals surface area contributed by atoms with Crippen molar-refractivity contribution in [2.24, 2.45) is 11.7 Å². The van der Waals surface area contributed by atoms with E-state index in [0.29, 0.717) is 62.6 Å². The van der Waals surface area contributed by atoms with Gasteiger partial charge in [0.05, 0.1) is 11.6 Å². The Morgan fingerprint density at radius 2 is 1.85 bits per heavy atom. The first-order valence-electron chi connectivity index (χ1n) is 14.3. The van der Waals surface area contributed by atoms with E-state index in [2.05, 4.69) is 21.6 Å². The maximum absolute atomic E-state index is 13.7. The number of anilines is 1. The summed E-state index contributed by atoms with van der Waals surface area (Å²) in [7, 11) is 0. The van der Waals surface area contributed by atoms with E-state index in [9.17, 15) is 19.5 Å². The fourth-order valence-corrected chi connectivity index (χ4v) is 5.56. The molecular formula is C31H42ClN5O4. The Kier molecular flexibility index (Phi) is 10.1. The Bertz CT molecular complexity index is 1260. The summed E-state index contributed by atoms with van der Waals surface area (Å²) in [6.45, 7) is 7.95. The molecule has 2 heterocycles. The summed E-state index contributed by atoms with van der Waals surface area (Å²) in [4.78, 5) is 43.4. The van der Waals surface area contributed by atoms with Crippen molar-refractivity contribution in [3.05, 3.63) is 64.2 Å². The van der Waals surface area contributed by atoms with Crippen LogP contribution in [0.15, 0.2) is 42.5 Å². The number of carbonyl (C=O) groups excluding carboxylic acids is 3. The largest absolute Gasteiger partial charge is 0.390 e. The molecule has 2 aromatic rings. The highest BCUT2D eigenvalue weighted by molar-refractivity contribution is 6.31. The van der Waals surface area contributed by atoms with Gasteiger partial charge in [-0.25, -0.2) is 0 Å². The monoisotopic (exact) mass is 583 g/mol. The van der Waals surface area contributed by atoms with Crippen molar-refractivity contribution in [1.82, 2.24) is 15.1 Å². The van der Waals surface area contributed by atoms with E-state index >= 15 is 0 Å². The first-order chi connectivity index (χ1) is 19.5. The number of rotatable bonds is 11. The van der Waals surface area contributed by atoms with Crippen molar-refractivity contribution in [3.8, 4) is 0 Å². The van der Waals surface area contributed by atoms with Gasteiger partial charge in [0.25, 0.3) is 0 Å². The molecule has 2 atom stereocenters. The molecule has 1 fully saturated rings. The van der Waals surface area contributed by atoms with Crippen molar-refractivity contribution in [2.45, 2.75) is 70.7 Å². The molecule has 2 aliphatic rings. The van der Waals surface area contributed by atoms with Crippen LogP contribution in [0.25, 0.3) is 0 Å². The molecule has 2 aromatic carbocycles. The summed E-state index contributed by atoms with van der Waals surface area (Å²) in [5, 5.41) is 16.6. The Morgan fingerprint density at radius 1 is 1.15 bits per heavy atom. The highest BCUT2D eigenvalue weighted by Gasteiger charge is 2.39. The minimum atomic E-state index is -0.792. The molecule has 9 nitrogen and oxygen atoms in total. The summed E-state index contributed by atoms with van der Waals surface area (Å²) in [6, 6.07) is 12.0. The number of nitrogens with zero attached hydrogens (tertiary/aromatic N) is 2. The fourth-order valence-electron chi connectivity index (χ4n) is 5.45. The normalized spacial score (nSPS) is 18.3. The average Bonchev–Trinajstić information content (AvgIpc) is 2.88. The summed E-state index contributed by atoms with van der Waals surface area (Å²) in [5.74, 6) is -0.401. The molecule has 0 aromatic heterocycles. The number of amides is 3. The number of benzene rings is 2. The molecule has 41 heavy (non-hydrogen) atoms. The predicted octanol–water partition coefficient (Wildman–Crippen LogP) is 2.86. The molecule has 0 radical (unpaired) electrons. The second-order valence-corrected chi connectivity index (χ2v) is 12.2. The number of hydrogen-bond donors (Lipinski definition) is 4. The summed E-state index contributed by atoms with van der Waals surface area (Å²) >= 11 is 6.11. The number of aryl methyl sites for hydroxylation is 1. The van der Waals surface area contributed by atoms with Gasteiger partial charge in [-0.15, -0.1) is 0 Å². The summed E-state index contributed by atoms with van der Waals surface area (Å²) in [6.07, 6.45) is 1.80. The van der Waals surface area contributed by atoms with Gasteiger partial charge < -0.3 is 26.4 Å². The van der Waals surface area contributed by atoms with Crippen molar-refractivity contribution >= 4 is 35.0 Å². The second kappa shape index (κ2) is 13.3. The van der Waals surface area contributed by atoms with Gasteiger partial charge in [0, 0.05) is 42.7 Å². The first-order valence-corrected chi connectivity index (χ1v) is 14.7. The first kappa shape index (κ1) is 31.0. The molecule has 5 N–H and O–H groups in total. The molecule has 0 saturated carbocycles. The van der Waals surface area contributed by atoms with Gasteiger partial charge in [0.15, 0.2) is 0 Å². The smallest absolute Gasteiger partial charge is 0.246 e. The number of hydrogen-bond acceptors (Lipinski definition) is 6. The maximum Gasteiger partial charge on any atom is 0.246 e. The molecule has 0 spiro atoms. The Balaban J connectivity index is 1.39. The number of fused-ring (bicyclic) bond motifs is 1. The van der Waals surface area contributed by atoms with Crippen LogP contribution in [0.2, 0.25) is 5.02 Å². The van der Waals surface area contributed by atoms with Crippen LogP contribution in [0.5, 0.6) is 0 Å². The van der Waals surface area contributed by atoms with E-state index in [0.717, 1.165) is 16.7 Å². The predicted molar refractivity (Wildman–Crippen MR) is 160 cm³/mol. The van der Waals surface area contributed by atoms with Crippen LogP contribution in [0.1, 0.15) is 49.8 Å². The lowest BCUT2D eigenvalue weighted by atomic mass is 9.84. The third-order valence-electron chi connectivity index (χ3n) is 8.23. The second-order valence-electron chi connectivity index (χ2n) is 11.8. The van der Waals surface area contributed by atoms with Crippen molar-refractivity contribution in [2.75, 3.05) is 31.5 Å². The zero-order valence-corrected chi connectivity index (χ0v) is 24.9. The summed E-state index contributed by atoms with van der Waals surface area (Å²) < 4.78 is 0. The van der Waals surface area contributed by atoms with Crippen molar-refractivity contribution in [1.29, 1.82) is 0 Å². The number of carbonyl (C=O) groups is 3. The van der Waals surface area contributed by atoms with Gasteiger partial charge in [-0.1, -0.05) is 35.9 Å². The molecule has 0 bridgehead atoms. The maximum atomic E-state index is 13.7. The van der Waals surface area contributed by atoms with Crippen LogP contribution in [0.3, 0.4) is 0 Å². The van der Waals surface area contributed by atoms with E-state index in [1.807, 2.05) is 25.1 Å². The van der Waals surface area contributed by atoms with Crippen LogP contribution in [0.4, 0.5) is 5.69 Å². The lowest BCUT2D eigenvalue weighted by Gasteiger charge is -2.45. The Hall–Kier alpha value is -2.98. The number of aliphatic hydroxyl groups is 1. The topological polar surface area (TPSA) is 128 Å². The molecule has 0 aliphatic carbocycles. The van der Waals surface area contributed by atoms with Crippen molar-refractivity contribution < 1.29 is 19.5 Å². The molecule has 10 heteroatoms. The molecule has 3 amide bonds. The van der Waals surface area contributed by atoms with Gasteiger partial charge in [-0.05, 0) is 88.0 Å². The lowest BCUT2D eigenvalue weighted by Crippen LogP contribution is -2.57. The molecule has 222 valence electrons. The average molecular weight is 584 g/mol. The van der Waals surface area contributed by atoms with Crippen LogP contribution >= 0.6 is 11.6 Å². The number of nitrogens with one attached hydrogen (secondary N) is 2. The van der Waals surface area contributed by atoms with Gasteiger partial charge >= 0.3 is 0 Å². The van der Waals surface area contributed by atoms with E-state index < -0.39 is 17.7 Å². The minimum Gasteiger partial charge on any atom is -0.390 e. The van der Waals surface area contributed by atoms with Gasteiger partial charge in [-0.2, -0.15) is 0 Å². The number of nitrogens with two attached hydrogens (primary N) is 1. The van der Waals surface area contributed by atoms with E-state index in [4.69, 9.17) is 17.3 Å². The van der Waals surface area contributed by atoms with E-state index in [1.54, 1.807) is 36.9 Å². The van der Waals surface area contributed by atoms with Crippen LogP contribution < -0.4 is 16.4 Å². The lowest BCUT2D eigenvalue weighted by molar-refractivity contribution is -0.144. The number of likely N-dealkylation sites (tertiary alicyclic amines) is 1. The molecule has 0 unspecified atom stereocenters. The van der Waals surface area contributed by atoms with Crippen LogP contribution in [0, 0.1) is 12.8 Å². The van der Waals surface area contributed by atoms with E-state index in [1.165, 1.54) is 0 Å². The third-order valence-corrected chi connectivity index (χ3v) is 8.66. The molecule has 2 aliphatic heterocycles. The molecular weight excluding hydrogens is 542 g/mol. The summed E-state index contributed by atoms with van der Waals surface area (Å²) in [5.41, 5.74) is 8.72. The molecule has 4 rings (SSSR count). The van der Waals surface area contributed by atoms with Crippen LogP contribution in [-0.4, -0.2) is 76.5 Å². The van der Waals surface area contributed by atoms with Gasteiger partial charge in [0.2, 0.25) is 17.7 Å². The zero-order chi connectivity index (χ0) is 29.7. The molecule has 1 saturated heterocycles. The standard InChI is InChI=1S/C31H42ClN5O4/c1-20-15-24(10-11-25(20)32)34-29(39)26(12-13-33)35-30(40)27-16-21-7-4-5-8-22(21)17-36(27)14-6-9-28(38)37-18-23(19-37)31(2,3)41/h4-5,7-8,10-11,15,23,26-27,41H,6,9,12-14,16-19,33H2,1-3H3,(H,34,39)(H,35,40)/t26-,27-/m0/s1. The SMILES string of the molecule is Cc1cc(NC(=O)[C@H](CCN)NC(=O)[C@@H]2Cc3ccccc3CN2CCCC(=O)N2CC(C(C)(C)O)C2)ccc1Cl. The Morgan fingerprint density at radius 3 is 2.51 bits per heavy atom. The highest BCUT2D eigenvalue weighted by Crippen LogP contribution is 2.28. The van der Waals surface area contributed by atoms with Crippen molar-refractivity contribution in [3.63, 3.8) is 0 Å². The number of halogens is 1. The van der Waals surface area contributed by atoms with Gasteiger partial charge in [0.1, 0.15) is 6.04 Å². The Labute approximate surface area is 247 Å². The quantitative estimate of drug-likeness (QED) is 0.322. The minimum absolute atomic E-state index is 0.0704. The zero-order valence-electron chi connectivity index (χ0n) is 24.2. The van der Waals surface area contributed by atoms with Gasteiger partial charge in [-0.3, -0.25) is 19.3 Å². The fraction of sp³-hybridized carbons (Fsp3) is 0.516. The third kappa shape index (κ3) is 7.86. The van der Waals surface area contributed by atoms with Crippen LogP contribution in [-0.2, 0) is 27.3 Å². The highest BCUT2D eigenvalue weighted by atomic mass is 35.5. The van der Waals surface area contributed by atoms with E-state index in [-0.39, 0.29) is 30.2 Å².